The van der Waals surface area contributed by atoms with Gasteiger partial charge in [0.25, 0.3) is 0 Å². The van der Waals surface area contributed by atoms with Crippen LogP contribution in [-0.2, 0) is 14.8 Å². The van der Waals surface area contributed by atoms with Gasteiger partial charge in [-0.25, -0.2) is 13.1 Å². The average Bonchev–Trinajstić information content (AvgIpc) is 3.14. The van der Waals surface area contributed by atoms with Crippen molar-refractivity contribution in [1.82, 2.24) is 14.5 Å². The summed E-state index contributed by atoms with van der Waals surface area (Å²) in [5.74, 6) is 0.898. The highest BCUT2D eigenvalue weighted by Crippen LogP contribution is 2.25. The topological polar surface area (TPSA) is 69.7 Å². The summed E-state index contributed by atoms with van der Waals surface area (Å²) in [6, 6.07) is 0.103. The van der Waals surface area contributed by atoms with E-state index >= 15 is 0 Å². The Morgan fingerprint density at radius 3 is 2.30 bits per heavy atom. The fourth-order valence-electron chi connectivity index (χ4n) is 4.90. The summed E-state index contributed by atoms with van der Waals surface area (Å²) >= 11 is 0. The van der Waals surface area contributed by atoms with Crippen molar-refractivity contribution in [3.05, 3.63) is 0 Å². The van der Waals surface area contributed by atoms with Crippen molar-refractivity contribution in [1.29, 1.82) is 0 Å². The number of likely N-dealkylation sites (tertiary alicyclic amines) is 2. The predicted octanol–water partition coefficient (Wildman–Crippen LogP) is 2.21. The maximum absolute atomic E-state index is 13.0. The van der Waals surface area contributed by atoms with Crippen LogP contribution in [0.15, 0.2) is 0 Å². The van der Waals surface area contributed by atoms with Crippen molar-refractivity contribution < 1.29 is 13.2 Å². The van der Waals surface area contributed by atoms with Crippen molar-refractivity contribution in [2.45, 2.75) is 76.5 Å². The standard InChI is InChI=1S/C20H37N3O3S/c1-16(2)14-22-12-9-17(10-13-22)20(24)23-11-5-8-19(15-23)27(25,26)21-18-6-3-4-7-18/h16-19,21H,3-15H2,1-2H3. The number of carbonyl (C=O) groups excluding carboxylic acids is 1. The number of piperidine rings is 2. The Balaban J connectivity index is 1.52. The highest BCUT2D eigenvalue weighted by atomic mass is 32.2. The van der Waals surface area contributed by atoms with Gasteiger partial charge in [-0.05, 0) is 57.5 Å². The zero-order chi connectivity index (χ0) is 19.4. The molecule has 1 atom stereocenters. The zero-order valence-corrected chi connectivity index (χ0v) is 17.8. The highest BCUT2D eigenvalue weighted by Gasteiger charge is 2.37. The summed E-state index contributed by atoms with van der Waals surface area (Å²) in [5.41, 5.74) is 0. The van der Waals surface area contributed by atoms with Gasteiger partial charge in [0.2, 0.25) is 15.9 Å². The van der Waals surface area contributed by atoms with Crippen LogP contribution in [0.2, 0.25) is 0 Å². The Labute approximate surface area is 165 Å². The molecule has 0 aromatic heterocycles. The molecule has 0 aromatic rings. The Hall–Kier alpha value is -0.660. The van der Waals surface area contributed by atoms with Crippen LogP contribution < -0.4 is 4.72 Å². The monoisotopic (exact) mass is 399 g/mol. The molecular weight excluding hydrogens is 362 g/mol. The molecule has 1 N–H and O–H groups in total. The molecule has 0 aromatic carbocycles. The number of hydrogen-bond donors (Lipinski definition) is 1. The predicted molar refractivity (Wildman–Crippen MR) is 108 cm³/mol. The molecule has 156 valence electrons. The van der Waals surface area contributed by atoms with Gasteiger partial charge in [0, 0.05) is 31.6 Å². The number of hydrogen-bond acceptors (Lipinski definition) is 4. The van der Waals surface area contributed by atoms with Crippen molar-refractivity contribution >= 4 is 15.9 Å². The van der Waals surface area contributed by atoms with Crippen LogP contribution in [-0.4, -0.2) is 68.1 Å². The molecule has 1 saturated carbocycles. The van der Waals surface area contributed by atoms with E-state index in [1.165, 1.54) is 0 Å². The third kappa shape index (κ3) is 5.67. The van der Waals surface area contributed by atoms with Gasteiger partial charge in [-0.1, -0.05) is 26.7 Å². The first-order valence-electron chi connectivity index (χ1n) is 10.9. The highest BCUT2D eigenvalue weighted by molar-refractivity contribution is 7.90. The molecule has 2 heterocycles. The summed E-state index contributed by atoms with van der Waals surface area (Å²) in [7, 11) is -3.34. The molecule has 0 radical (unpaired) electrons. The van der Waals surface area contributed by atoms with Crippen LogP contribution in [0.25, 0.3) is 0 Å². The second-order valence-corrected chi connectivity index (χ2v) is 11.2. The third-order valence-electron chi connectivity index (χ3n) is 6.37. The van der Waals surface area contributed by atoms with Gasteiger partial charge in [0.05, 0.1) is 5.25 Å². The first-order chi connectivity index (χ1) is 12.8. The molecule has 27 heavy (non-hydrogen) atoms. The maximum atomic E-state index is 13.0. The minimum atomic E-state index is -3.34. The van der Waals surface area contributed by atoms with Crippen molar-refractivity contribution in [3.8, 4) is 0 Å². The molecule has 3 aliphatic rings. The SMILES string of the molecule is CC(C)CN1CCC(C(=O)N2CCCC(S(=O)(=O)NC3CCCC3)C2)CC1. The van der Waals surface area contributed by atoms with Crippen LogP contribution in [0, 0.1) is 11.8 Å². The molecule has 2 saturated heterocycles. The lowest BCUT2D eigenvalue weighted by Gasteiger charge is -2.38. The largest absolute Gasteiger partial charge is 0.341 e. The van der Waals surface area contributed by atoms with E-state index in [2.05, 4.69) is 23.5 Å². The Bertz CT molecular complexity index is 594. The van der Waals surface area contributed by atoms with Crippen LogP contribution >= 0.6 is 0 Å². The molecule has 1 amide bonds. The smallest absolute Gasteiger partial charge is 0.225 e. The number of nitrogens with zero attached hydrogens (tertiary/aromatic N) is 2. The first-order valence-corrected chi connectivity index (χ1v) is 12.4. The molecule has 1 aliphatic carbocycles. The summed E-state index contributed by atoms with van der Waals surface area (Å²) in [6.07, 6.45) is 7.37. The summed E-state index contributed by atoms with van der Waals surface area (Å²) < 4.78 is 28.5. The van der Waals surface area contributed by atoms with Gasteiger partial charge in [-0.3, -0.25) is 4.79 Å². The van der Waals surface area contributed by atoms with E-state index in [1.54, 1.807) is 0 Å². The van der Waals surface area contributed by atoms with Gasteiger partial charge in [-0.2, -0.15) is 0 Å². The lowest BCUT2D eigenvalue weighted by atomic mass is 9.94. The summed E-state index contributed by atoms with van der Waals surface area (Å²) in [4.78, 5) is 17.3. The molecule has 7 heteroatoms. The van der Waals surface area contributed by atoms with E-state index in [-0.39, 0.29) is 17.9 Å². The van der Waals surface area contributed by atoms with Gasteiger partial charge in [-0.15, -0.1) is 0 Å². The molecule has 0 bridgehead atoms. The van der Waals surface area contributed by atoms with Crippen LogP contribution in [0.5, 0.6) is 0 Å². The fraction of sp³-hybridized carbons (Fsp3) is 0.950. The van der Waals surface area contributed by atoms with Crippen LogP contribution in [0.1, 0.15) is 65.2 Å². The van der Waals surface area contributed by atoms with Gasteiger partial charge < -0.3 is 9.80 Å². The molecular formula is C20H37N3O3S. The van der Waals surface area contributed by atoms with E-state index in [1.807, 2.05) is 4.90 Å². The maximum Gasteiger partial charge on any atom is 0.225 e. The Morgan fingerprint density at radius 1 is 1.00 bits per heavy atom. The lowest BCUT2D eigenvalue weighted by molar-refractivity contribution is -0.137. The van der Waals surface area contributed by atoms with E-state index in [9.17, 15) is 13.2 Å². The number of rotatable bonds is 6. The van der Waals surface area contributed by atoms with Gasteiger partial charge >= 0.3 is 0 Å². The molecule has 2 aliphatic heterocycles. The molecule has 3 fully saturated rings. The Morgan fingerprint density at radius 2 is 1.67 bits per heavy atom. The fourth-order valence-corrected chi connectivity index (χ4v) is 6.65. The molecule has 1 unspecified atom stereocenters. The minimum Gasteiger partial charge on any atom is -0.341 e. The van der Waals surface area contributed by atoms with E-state index in [0.717, 1.165) is 64.6 Å². The zero-order valence-electron chi connectivity index (χ0n) is 17.0. The van der Waals surface area contributed by atoms with E-state index in [0.29, 0.717) is 25.4 Å². The second kappa shape index (κ2) is 9.23. The van der Waals surface area contributed by atoms with Crippen LogP contribution in [0.4, 0.5) is 0 Å². The first kappa shape index (κ1) is 21.1. The number of carbonyl (C=O) groups is 1. The van der Waals surface area contributed by atoms with Crippen molar-refractivity contribution in [3.63, 3.8) is 0 Å². The quantitative estimate of drug-likeness (QED) is 0.743. The van der Waals surface area contributed by atoms with Crippen molar-refractivity contribution in [2.75, 3.05) is 32.7 Å². The molecule has 6 nitrogen and oxygen atoms in total. The number of sulfonamides is 1. The number of nitrogens with one attached hydrogen (secondary N) is 1. The Kier molecular flexibility index (Phi) is 7.20. The van der Waals surface area contributed by atoms with Gasteiger partial charge in [0.15, 0.2) is 0 Å². The molecule has 3 rings (SSSR count). The third-order valence-corrected chi connectivity index (χ3v) is 8.30. The van der Waals surface area contributed by atoms with E-state index < -0.39 is 15.3 Å². The minimum absolute atomic E-state index is 0.0673. The lowest BCUT2D eigenvalue weighted by Crippen LogP contribution is -2.52. The molecule has 0 spiro atoms. The summed E-state index contributed by atoms with van der Waals surface area (Å²) in [5, 5.41) is -0.447. The number of amides is 1. The van der Waals surface area contributed by atoms with Crippen LogP contribution in [0.3, 0.4) is 0 Å². The average molecular weight is 400 g/mol. The van der Waals surface area contributed by atoms with E-state index in [4.69, 9.17) is 0 Å². The second-order valence-electron chi connectivity index (χ2n) is 9.16. The van der Waals surface area contributed by atoms with Crippen molar-refractivity contribution in [2.24, 2.45) is 11.8 Å². The normalized spacial score (nSPS) is 26.8. The summed E-state index contributed by atoms with van der Waals surface area (Å²) in [6.45, 7) is 8.59. The van der Waals surface area contributed by atoms with Gasteiger partial charge in [0.1, 0.15) is 0 Å².